The zero-order valence-electron chi connectivity index (χ0n) is 36.3. The van der Waals surface area contributed by atoms with E-state index in [1.807, 2.05) is 0 Å². The van der Waals surface area contributed by atoms with E-state index in [9.17, 15) is 0 Å². The molecule has 0 saturated heterocycles. The van der Waals surface area contributed by atoms with Crippen LogP contribution in [-0.2, 0) is 0 Å². The van der Waals surface area contributed by atoms with Crippen molar-refractivity contribution in [2.45, 2.75) is 0 Å². The van der Waals surface area contributed by atoms with Crippen LogP contribution in [0.5, 0.6) is 0 Å². The molecule has 0 aliphatic carbocycles. The quantitative estimate of drug-likeness (QED) is 0.141. The molecular weight excluding hydrogens is 797 g/mol. The lowest BCUT2D eigenvalue weighted by Crippen LogP contribution is -2.10. The summed E-state index contributed by atoms with van der Waals surface area (Å²) in [4.78, 5) is 2.40. The summed E-state index contributed by atoms with van der Waals surface area (Å²) in [6, 6.07) is 97.0. The van der Waals surface area contributed by atoms with Gasteiger partial charge >= 0.3 is 0 Å². The fourth-order valence-electron chi connectivity index (χ4n) is 9.66. The highest BCUT2D eigenvalue weighted by Crippen LogP contribution is 2.42. The fourth-order valence-corrected chi connectivity index (χ4v) is 9.66. The van der Waals surface area contributed by atoms with E-state index in [-0.39, 0.29) is 0 Å². The molecule has 0 unspecified atom stereocenters. The molecule has 12 rings (SSSR count). The van der Waals surface area contributed by atoms with E-state index in [4.69, 9.17) is 0 Å². The molecule has 0 bridgehead atoms. The third-order valence-corrected chi connectivity index (χ3v) is 12.9. The second kappa shape index (κ2) is 16.8. The van der Waals surface area contributed by atoms with Crippen molar-refractivity contribution in [3.8, 4) is 61.3 Å². The molecule has 66 heavy (non-hydrogen) atoms. The lowest BCUT2D eigenvalue weighted by molar-refractivity contribution is 1.18. The number of hydrogen-bond acceptors (Lipinski definition) is 1. The van der Waals surface area contributed by atoms with Crippen molar-refractivity contribution in [2.24, 2.45) is 0 Å². The van der Waals surface area contributed by atoms with E-state index in [1.54, 1.807) is 0 Å². The Kier molecular flexibility index (Phi) is 9.89. The first-order valence-corrected chi connectivity index (χ1v) is 22.7. The van der Waals surface area contributed by atoms with Crippen molar-refractivity contribution in [1.29, 1.82) is 0 Å². The molecule has 0 atom stereocenters. The van der Waals surface area contributed by atoms with Crippen molar-refractivity contribution >= 4 is 49.6 Å². The monoisotopic (exact) mass is 840 g/mol. The van der Waals surface area contributed by atoms with Gasteiger partial charge in [-0.25, -0.2) is 0 Å². The summed E-state index contributed by atoms with van der Waals surface area (Å²) in [5, 5.41) is 5.02. The molecule has 1 aromatic heterocycles. The SMILES string of the molecule is c1ccc(-c2cc(-c3ccccc3)cc(N(c3ccc(-c4cccc(-c5ccc6ccccc6c5)c4)cc3)c3ccc(-c4cccc(-n5c6ccccc6c6ccccc65)c4)cc3)c2)cc1. The summed E-state index contributed by atoms with van der Waals surface area (Å²) >= 11 is 0. The molecule has 12 aromatic rings. The van der Waals surface area contributed by atoms with Gasteiger partial charge in [0.15, 0.2) is 0 Å². The van der Waals surface area contributed by atoms with Gasteiger partial charge in [-0.05, 0) is 145 Å². The lowest BCUT2D eigenvalue weighted by Gasteiger charge is -2.27. The minimum absolute atomic E-state index is 1.08. The molecule has 2 heteroatoms. The van der Waals surface area contributed by atoms with Gasteiger partial charge in [0.25, 0.3) is 0 Å². The Morgan fingerprint density at radius 2 is 0.636 bits per heavy atom. The average Bonchev–Trinajstić information content (AvgIpc) is 3.74. The van der Waals surface area contributed by atoms with Crippen molar-refractivity contribution in [1.82, 2.24) is 4.57 Å². The molecule has 0 radical (unpaired) electrons. The van der Waals surface area contributed by atoms with Gasteiger partial charge < -0.3 is 9.47 Å². The van der Waals surface area contributed by atoms with Crippen molar-refractivity contribution < 1.29 is 0 Å². The Morgan fingerprint density at radius 1 is 0.227 bits per heavy atom. The van der Waals surface area contributed by atoms with Crippen molar-refractivity contribution in [2.75, 3.05) is 4.90 Å². The highest BCUT2D eigenvalue weighted by molar-refractivity contribution is 6.09. The molecule has 0 spiro atoms. The minimum Gasteiger partial charge on any atom is -0.310 e. The minimum atomic E-state index is 1.08. The first-order valence-electron chi connectivity index (χ1n) is 22.7. The zero-order valence-corrected chi connectivity index (χ0v) is 36.3. The van der Waals surface area contributed by atoms with E-state index in [1.165, 1.54) is 71.5 Å². The largest absolute Gasteiger partial charge is 0.310 e. The van der Waals surface area contributed by atoms with Crippen LogP contribution >= 0.6 is 0 Å². The summed E-state index contributed by atoms with van der Waals surface area (Å²) in [6.07, 6.45) is 0. The molecule has 0 fully saturated rings. The third-order valence-electron chi connectivity index (χ3n) is 12.9. The van der Waals surface area contributed by atoms with Crippen LogP contribution in [0.3, 0.4) is 0 Å². The van der Waals surface area contributed by atoms with Gasteiger partial charge in [-0.3, -0.25) is 0 Å². The van der Waals surface area contributed by atoms with Gasteiger partial charge in [0, 0.05) is 33.5 Å². The normalized spacial score (nSPS) is 11.3. The van der Waals surface area contributed by atoms with Gasteiger partial charge in [-0.2, -0.15) is 0 Å². The van der Waals surface area contributed by atoms with Crippen LogP contribution in [0, 0.1) is 0 Å². The summed E-state index contributed by atoms with van der Waals surface area (Å²) < 4.78 is 2.39. The Hall–Kier alpha value is -8.72. The number of anilines is 3. The topological polar surface area (TPSA) is 8.17 Å². The summed E-state index contributed by atoms with van der Waals surface area (Å²) in [5.41, 5.74) is 18.6. The molecule has 0 saturated carbocycles. The number of hydrogen-bond donors (Lipinski definition) is 0. The van der Waals surface area contributed by atoms with Gasteiger partial charge in [-0.1, -0.05) is 188 Å². The predicted octanol–water partition coefficient (Wildman–Crippen LogP) is 17.7. The molecular formula is C64H44N2. The molecule has 0 aliphatic heterocycles. The maximum absolute atomic E-state index is 2.40. The zero-order chi connectivity index (χ0) is 43.8. The van der Waals surface area contributed by atoms with Gasteiger partial charge in [0.05, 0.1) is 11.0 Å². The molecule has 1 heterocycles. The maximum Gasteiger partial charge on any atom is 0.0541 e. The van der Waals surface area contributed by atoms with E-state index in [2.05, 4.69) is 276 Å². The molecule has 310 valence electrons. The fraction of sp³-hybridized carbons (Fsp3) is 0. The highest BCUT2D eigenvalue weighted by atomic mass is 15.1. The number of nitrogens with zero attached hydrogens (tertiary/aromatic N) is 2. The second-order valence-electron chi connectivity index (χ2n) is 17.0. The first kappa shape index (κ1) is 38.9. The molecule has 0 aliphatic rings. The van der Waals surface area contributed by atoms with Gasteiger partial charge in [0.1, 0.15) is 0 Å². The van der Waals surface area contributed by atoms with Crippen LogP contribution in [-0.4, -0.2) is 4.57 Å². The highest BCUT2D eigenvalue weighted by Gasteiger charge is 2.18. The lowest BCUT2D eigenvalue weighted by atomic mass is 9.96. The number of rotatable bonds is 9. The standard InChI is InChI=1S/C64H44N2/c1-3-15-45(16-4-1)55-41-56(46-17-5-2-6-18-46)44-60(43-55)65(57-35-31-48(32-36-57)51-21-13-22-52(39-51)54-30-29-47-19-7-8-20-50(47)40-54)58-37-33-49(34-38-58)53-23-14-24-59(42-53)66-63-27-11-9-25-61(63)62-26-10-12-28-64(62)66/h1-44H. The van der Waals surface area contributed by atoms with Crippen molar-refractivity contribution in [3.63, 3.8) is 0 Å². The Labute approximate surface area is 385 Å². The molecule has 0 amide bonds. The van der Waals surface area contributed by atoms with Crippen LogP contribution in [0.25, 0.3) is 93.9 Å². The van der Waals surface area contributed by atoms with Gasteiger partial charge in [0.2, 0.25) is 0 Å². The molecule has 0 N–H and O–H groups in total. The van der Waals surface area contributed by atoms with Crippen molar-refractivity contribution in [3.05, 3.63) is 267 Å². The van der Waals surface area contributed by atoms with Crippen LogP contribution in [0.1, 0.15) is 0 Å². The predicted molar refractivity (Wildman–Crippen MR) is 280 cm³/mol. The van der Waals surface area contributed by atoms with Crippen LogP contribution < -0.4 is 4.90 Å². The Bertz CT molecular complexity index is 3570. The average molecular weight is 841 g/mol. The number of benzene rings is 11. The van der Waals surface area contributed by atoms with Crippen LogP contribution in [0.2, 0.25) is 0 Å². The second-order valence-corrected chi connectivity index (χ2v) is 17.0. The Morgan fingerprint density at radius 3 is 1.23 bits per heavy atom. The summed E-state index contributed by atoms with van der Waals surface area (Å²) in [5.74, 6) is 0. The number of para-hydroxylation sites is 2. The molecule has 11 aromatic carbocycles. The van der Waals surface area contributed by atoms with Crippen LogP contribution in [0.4, 0.5) is 17.1 Å². The third kappa shape index (κ3) is 7.31. The maximum atomic E-state index is 2.40. The molecule has 2 nitrogen and oxygen atoms in total. The number of fused-ring (bicyclic) bond motifs is 4. The number of aromatic nitrogens is 1. The van der Waals surface area contributed by atoms with Gasteiger partial charge in [-0.15, -0.1) is 0 Å². The first-order chi connectivity index (χ1) is 32.7. The summed E-state index contributed by atoms with van der Waals surface area (Å²) in [6.45, 7) is 0. The van der Waals surface area contributed by atoms with E-state index in [0.717, 1.165) is 39.4 Å². The smallest absolute Gasteiger partial charge is 0.0541 e. The Balaban J connectivity index is 0.951. The summed E-state index contributed by atoms with van der Waals surface area (Å²) in [7, 11) is 0. The van der Waals surface area contributed by atoms with E-state index in [0.29, 0.717) is 0 Å². The van der Waals surface area contributed by atoms with Crippen LogP contribution in [0.15, 0.2) is 267 Å². The van der Waals surface area contributed by atoms with E-state index < -0.39 is 0 Å². The van der Waals surface area contributed by atoms with E-state index >= 15 is 0 Å².